The van der Waals surface area contributed by atoms with E-state index >= 15 is 0 Å². The van der Waals surface area contributed by atoms with Crippen molar-refractivity contribution in [3.63, 3.8) is 0 Å². The molecule has 1 fully saturated rings. The van der Waals surface area contributed by atoms with E-state index in [-0.39, 0.29) is 17.8 Å². The topological polar surface area (TPSA) is 112 Å². The molecule has 0 saturated carbocycles. The lowest BCUT2D eigenvalue weighted by atomic mass is 10.1. The molecule has 0 spiro atoms. The van der Waals surface area contributed by atoms with Crippen molar-refractivity contribution in [1.29, 1.82) is 0 Å². The van der Waals surface area contributed by atoms with Gasteiger partial charge in [0.05, 0.1) is 13.2 Å². The standard InChI is InChI=1S/C26H32ClN5O4/c1-28-10-12-36-11-8-18-5-6-20(14-22(18)27)31-26(35)30-15-17-4-7-21-19(13-17)16-32(25(21)34)23-3-2-9-29-24(23)33/h4-7,13-14,23,28H,2-3,8-12,15-16H2,1H3,(H,29,33)(H2,30,31,35). The summed E-state index contributed by atoms with van der Waals surface area (Å²) in [5.74, 6) is -0.207. The van der Waals surface area contributed by atoms with Gasteiger partial charge < -0.3 is 30.9 Å². The summed E-state index contributed by atoms with van der Waals surface area (Å²) >= 11 is 6.37. The van der Waals surface area contributed by atoms with Gasteiger partial charge in [-0.3, -0.25) is 9.59 Å². The number of fused-ring (bicyclic) bond motifs is 1. The minimum Gasteiger partial charge on any atom is -0.380 e. The number of amides is 4. The molecule has 1 saturated heterocycles. The van der Waals surface area contributed by atoms with Gasteiger partial charge in [0.1, 0.15) is 6.04 Å². The fraction of sp³-hybridized carbons (Fsp3) is 0.423. The molecule has 0 aliphatic carbocycles. The molecule has 9 nitrogen and oxygen atoms in total. The SMILES string of the molecule is CNCCOCCc1ccc(NC(=O)NCc2ccc3c(c2)CN(C2CCCNC2=O)C3=O)cc1Cl. The third-order valence-electron chi connectivity index (χ3n) is 6.41. The summed E-state index contributed by atoms with van der Waals surface area (Å²) in [6.45, 7) is 3.37. The van der Waals surface area contributed by atoms with Crippen LogP contribution >= 0.6 is 11.6 Å². The van der Waals surface area contributed by atoms with E-state index in [2.05, 4.69) is 21.3 Å². The summed E-state index contributed by atoms with van der Waals surface area (Å²) in [4.78, 5) is 39.1. The quantitative estimate of drug-likeness (QED) is 0.365. The Morgan fingerprint density at radius 3 is 2.83 bits per heavy atom. The first-order valence-electron chi connectivity index (χ1n) is 12.2. The Bertz CT molecular complexity index is 1130. The minimum atomic E-state index is -0.421. The number of ether oxygens (including phenoxy) is 1. The lowest BCUT2D eigenvalue weighted by Crippen LogP contribution is -2.50. The number of piperidine rings is 1. The van der Waals surface area contributed by atoms with Gasteiger partial charge in [0, 0.05) is 42.5 Å². The molecular weight excluding hydrogens is 482 g/mol. The fourth-order valence-corrected chi connectivity index (χ4v) is 4.73. The van der Waals surface area contributed by atoms with E-state index in [1.165, 1.54) is 0 Å². The molecule has 1 unspecified atom stereocenters. The first kappa shape index (κ1) is 25.9. The maximum Gasteiger partial charge on any atom is 0.319 e. The van der Waals surface area contributed by atoms with Crippen LogP contribution in [0.3, 0.4) is 0 Å². The third-order valence-corrected chi connectivity index (χ3v) is 6.76. The van der Waals surface area contributed by atoms with E-state index in [1.807, 2.05) is 31.3 Å². The highest BCUT2D eigenvalue weighted by Gasteiger charge is 2.37. The van der Waals surface area contributed by atoms with Crippen LogP contribution in [0.2, 0.25) is 5.02 Å². The molecule has 10 heteroatoms. The van der Waals surface area contributed by atoms with Crippen LogP contribution in [0.1, 0.15) is 39.9 Å². The molecule has 2 aliphatic rings. The first-order valence-corrected chi connectivity index (χ1v) is 12.6. The number of nitrogens with one attached hydrogen (secondary N) is 4. The molecule has 2 heterocycles. The summed E-state index contributed by atoms with van der Waals surface area (Å²) in [6.07, 6.45) is 2.23. The van der Waals surface area contributed by atoms with Gasteiger partial charge >= 0.3 is 6.03 Å². The molecule has 192 valence electrons. The van der Waals surface area contributed by atoms with Crippen molar-refractivity contribution in [3.8, 4) is 0 Å². The zero-order valence-electron chi connectivity index (χ0n) is 20.4. The molecule has 4 amide bonds. The van der Waals surface area contributed by atoms with Crippen LogP contribution in [0, 0.1) is 0 Å². The molecule has 2 aromatic carbocycles. The molecule has 2 aliphatic heterocycles. The molecule has 4 rings (SSSR count). The van der Waals surface area contributed by atoms with E-state index in [9.17, 15) is 14.4 Å². The highest BCUT2D eigenvalue weighted by Crippen LogP contribution is 2.28. The van der Waals surface area contributed by atoms with Crippen LogP contribution in [-0.2, 0) is 29.0 Å². The highest BCUT2D eigenvalue weighted by atomic mass is 35.5. The lowest BCUT2D eigenvalue weighted by molar-refractivity contribution is -0.127. The number of anilines is 1. The van der Waals surface area contributed by atoms with Gasteiger partial charge in [0.2, 0.25) is 5.91 Å². The van der Waals surface area contributed by atoms with Gasteiger partial charge in [-0.05, 0) is 61.2 Å². The molecule has 0 bridgehead atoms. The maximum absolute atomic E-state index is 12.8. The molecule has 0 aromatic heterocycles. The summed E-state index contributed by atoms with van der Waals surface area (Å²) in [5, 5.41) is 12.1. The largest absolute Gasteiger partial charge is 0.380 e. The second kappa shape index (κ2) is 12.2. The van der Waals surface area contributed by atoms with Crippen molar-refractivity contribution in [2.75, 3.05) is 38.7 Å². The zero-order valence-corrected chi connectivity index (χ0v) is 21.1. The number of hydrogen-bond acceptors (Lipinski definition) is 5. The van der Waals surface area contributed by atoms with Gasteiger partial charge in [0.25, 0.3) is 5.91 Å². The number of carbonyl (C=O) groups excluding carboxylic acids is 3. The van der Waals surface area contributed by atoms with Crippen molar-refractivity contribution < 1.29 is 19.1 Å². The normalized spacial score (nSPS) is 17.1. The van der Waals surface area contributed by atoms with E-state index < -0.39 is 6.04 Å². The van der Waals surface area contributed by atoms with E-state index in [1.54, 1.807) is 17.0 Å². The number of nitrogens with zero attached hydrogens (tertiary/aromatic N) is 1. The second-order valence-corrected chi connectivity index (χ2v) is 9.36. The molecule has 2 aromatic rings. The number of halogens is 1. The van der Waals surface area contributed by atoms with Crippen LogP contribution < -0.4 is 21.3 Å². The summed E-state index contributed by atoms with van der Waals surface area (Å²) < 4.78 is 5.54. The molecule has 36 heavy (non-hydrogen) atoms. The maximum atomic E-state index is 12.8. The first-order chi connectivity index (χ1) is 17.5. The van der Waals surface area contributed by atoms with Gasteiger partial charge in [-0.15, -0.1) is 0 Å². The van der Waals surface area contributed by atoms with Crippen molar-refractivity contribution in [1.82, 2.24) is 20.9 Å². The van der Waals surface area contributed by atoms with Crippen LogP contribution in [0.15, 0.2) is 36.4 Å². The Balaban J connectivity index is 1.27. The average molecular weight is 514 g/mol. The number of likely N-dealkylation sites (N-methyl/N-ethyl adjacent to an activating group) is 1. The summed E-state index contributed by atoms with van der Waals surface area (Å²) in [6, 6.07) is 10.2. The van der Waals surface area contributed by atoms with E-state index in [0.29, 0.717) is 62.0 Å². The zero-order chi connectivity index (χ0) is 25.5. The minimum absolute atomic E-state index is 0.0908. The Morgan fingerprint density at radius 1 is 1.19 bits per heavy atom. The highest BCUT2D eigenvalue weighted by molar-refractivity contribution is 6.31. The molecule has 0 radical (unpaired) electrons. The third kappa shape index (κ3) is 6.34. The number of hydrogen-bond donors (Lipinski definition) is 4. The van der Waals surface area contributed by atoms with Gasteiger partial charge in [-0.1, -0.05) is 29.8 Å². The van der Waals surface area contributed by atoms with Crippen molar-refractivity contribution >= 4 is 35.1 Å². The van der Waals surface area contributed by atoms with E-state index in [4.69, 9.17) is 16.3 Å². The Hall–Kier alpha value is -3.14. The van der Waals surface area contributed by atoms with Crippen LogP contribution in [-0.4, -0.2) is 62.1 Å². The Morgan fingerprint density at radius 2 is 2.06 bits per heavy atom. The smallest absolute Gasteiger partial charge is 0.319 e. The summed E-state index contributed by atoms with van der Waals surface area (Å²) in [7, 11) is 1.88. The predicted octanol–water partition coefficient (Wildman–Crippen LogP) is 2.67. The number of benzene rings is 2. The van der Waals surface area contributed by atoms with E-state index in [0.717, 1.165) is 29.7 Å². The molecular formula is C26H32ClN5O4. The van der Waals surface area contributed by atoms with Gasteiger partial charge in [-0.25, -0.2) is 4.79 Å². The monoisotopic (exact) mass is 513 g/mol. The van der Waals surface area contributed by atoms with Gasteiger partial charge in [-0.2, -0.15) is 0 Å². The number of carbonyl (C=O) groups is 3. The average Bonchev–Trinajstić information content (AvgIpc) is 3.19. The second-order valence-electron chi connectivity index (χ2n) is 8.95. The Kier molecular flexibility index (Phi) is 8.79. The summed E-state index contributed by atoms with van der Waals surface area (Å²) in [5.41, 5.74) is 3.91. The van der Waals surface area contributed by atoms with Crippen LogP contribution in [0.4, 0.5) is 10.5 Å². The van der Waals surface area contributed by atoms with Crippen LogP contribution in [0.25, 0.3) is 0 Å². The van der Waals surface area contributed by atoms with Gasteiger partial charge in [0.15, 0.2) is 0 Å². The number of urea groups is 1. The van der Waals surface area contributed by atoms with Crippen molar-refractivity contribution in [2.45, 2.75) is 38.4 Å². The molecule has 1 atom stereocenters. The number of rotatable bonds is 10. The predicted molar refractivity (Wildman–Crippen MR) is 138 cm³/mol. The van der Waals surface area contributed by atoms with Crippen molar-refractivity contribution in [2.24, 2.45) is 0 Å². The Labute approximate surface area is 215 Å². The lowest BCUT2D eigenvalue weighted by Gasteiger charge is -2.30. The van der Waals surface area contributed by atoms with Crippen molar-refractivity contribution in [3.05, 3.63) is 63.7 Å². The molecule has 4 N–H and O–H groups in total. The van der Waals surface area contributed by atoms with Crippen LogP contribution in [0.5, 0.6) is 0 Å². The fourth-order valence-electron chi connectivity index (χ4n) is 4.46.